The second kappa shape index (κ2) is 4.78. The first kappa shape index (κ1) is 11.5. The number of carboxylic acid groups (broad SMARTS) is 1. The molecule has 1 N–H and O–H groups in total. The monoisotopic (exact) mass is 199 g/mol. The molecule has 1 aliphatic carbocycles. The van der Waals surface area contributed by atoms with Crippen LogP contribution < -0.4 is 0 Å². The number of carbonyl (C=O) groups is 1. The molecule has 1 atom stereocenters. The van der Waals surface area contributed by atoms with E-state index in [-0.39, 0.29) is 6.54 Å². The molecular weight excluding hydrogens is 178 g/mol. The topological polar surface area (TPSA) is 40.5 Å². The van der Waals surface area contributed by atoms with Crippen LogP contribution in [0.2, 0.25) is 0 Å². The molecule has 82 valence electrons. The highest BCUT2D eigenvalue weighted by molar-refractivity contribution is 5.69. The Hall–Kier alpha value is -0.570. The van der Waals surface area contributed by atoms with E-state index < -0.39 is 5.97 Å². The Kier molecular flexibility index (Phi) is 3.93. The summed E-state index contributed by atoms with van der Waals surface area (Å²) in [7, 11) is 0. The lowest BCUT2D eigenvalue weighted by atomic mass is 10.0. The van der Waals surface area contributed by atoms with Gasteiger partial charge in [0.05, 0.1) is 6.54 Å². The largest absolute Gasteiger partial charge is 0.480 e. The van der Waals surface area contributed by atoms with Crippen LogP contribution in [-0.4, -0.2) is 35.1 Å². The molecule has 1 saturated carbocycles. The zero-order valence-corrected chi connectivity index (χ0v) is 9.36. The van der Waals surface area contributed by atoms with Crippen molar-refractivity contribution in [1.29, 1.82) is 0 Å². The van der Waals surface area contributed by atoms with Crippen LogP contribution in [0.4, 0.5) is 0 Å². The van der Waals surface area contributed by atoms with Crippen molar-refractivity contribution in [2.45, 2.75) is 39.7 Å². The van der Waals surface area contributed by atoms with Gasteiger partial charge in [0.2, 0.25) is 0 Å². The lowest BCUT2D eigenvalue weighted by Crippen LogP contribution is -2.41. The third kappa shape index (κ3) is 3.66. The standard InChI is InChI=1S/C11H21NO2/c1-8(2)9(3)12(7-11(13)14)6-10-4-5-10/h8-10H,4-7H2,1-3H3,(H,13,14). The van der Waals surface area contributed by atoms with E-state index in [0.29, 0.717) is 12.0 Å². The van der Waals surface area contributed by atoms with Crippen molar-refractivity contribution in [3.8, 4) is 0 Å². The normalized spacial score (nSPS) is 18.9. The highest BCUT2D eigenvalue weighted by atomic mass is 16.4. The highest BCUT2D eigenvalue weighted by Crippen LogP contribution is 2.30. The number of hydrogen-bond donors (Lipinski definition) is 1. The first-order valence-corrected chi connectivity index (χ1v) is 5.46. The molecule has 1 aliphatic rings. The van der Waals surface area contributed by atoms with E-state index in [4.69, 9.17) is 5.11 Å². The molecule has 0 aromatic heterocycles. The summed E-state index contributed by atoms with van der Waals surface area (Å²) in [4.78, 5) is 12.8. The summed E-state index contributed by atoms with van der Waals surface area (Å²) in [6.07, 6.45) is 2.56. The van der Waals surface area contributed by atoms with Gasteiger partial charge in [-0.05, 0) is 31.6 Å². The first-order chi connectivity index (χ1) is 6.50. The minimum absolute atomic E-state index is 0.190. The summed E-state index contributed by atoms with van der Waals surface area (Å²) in [5.41, 5.74) is 0. The summed E-state index contributed by atoms with van der Waals surface area (Å²) in [5.74, 6) is 0.571. The lowest BCUT2D eigenvalue weighted by molar-refractivity contribution is -0.139. The molecule has 3 nitrogen and oxygen atoms in total. The molecule has 0 aromatic rings. The van der Waals surface area contributed by atoms with E-state index >= 15 is 0 Å². The molecule has 1 rings (SSSR count). The Morgan fingerprint density at radius 1 is 1.43 bits per heavy atom. The van der Waals surface area contributed by atoms with Crippen LogP contribution in [0.15, 0.2) is 0 Å². The number of nitrogens with zero attached hydrogens (tertiary/aromatic N) is 1. The molecule has 0 amide bonds. The maximum Gasteiger partial charge on any atom is 0.317 e. The second-order valence-electron chi connectivity index (χ2n) is 4.75. The van der Waals surface area contributed by atoms with Crippen LogP contribution >= 0.6 is 0 Å². The van der Waals surface area contributed by atoms with Crippen LogP contribution in [0.1, 0.15) is 33.6 Å². The Labute approximate surface area is 86.1 Å². The summed E-state index contributed by atoms with van der Waals surface area (Å²) in [6, 6.07) is 0.367. The number of aliphatic carboxylic acids is 1. The Balaban J connectivity index is 2.45. The van der Waals surface area contributed by atoms with Crippen molar-refractivity contribution in [2.75, 3.05) is 13.1 Å². The summed E-state index contributed by atoms with van der Waals surface area (Å²) in [5, 5.41) is 8.81. The van der Waals surface area contributed by atoms with Gasteiger partial charge in [-0.3, -0.25) is 9.69 Å². The summed E-state index contributed by atoms with van der Waals surface area (Å²) < 4.78 is 0. The predicted molar refractivity (Wildman–Crippen MR) is 56.2 cm³/mol. The molecule has 14 heavy (non-hydrogen) atoms. The van der Waals surface area contributed by atoms with E-state index in [1.807, 2.05) is 0 Å². The Bertz CT molecular complexity index is 199. The van der Waals surface area contributed by atoms with Gasteiger partial charge in [0.1, 0.15) is 0 Å². The van der Waals surface area contributed by atoms with E-state index in [0.717, 1.165) is 12.5 Å². The molecule has 3 heteroatoms. The summed E-state index contributed by atoms with van der Waals surface area (Å²) in [6.45, 7) is 7.57. The molecule has 0 heterocycles. The van der Waals surface area contributed by atoms with Gasteiger partial charge in [0.15, 0.2) is 0 Å². The Morgan fingerprint density at radius 3 is 2.36 bits per heavy atom. The van der Waals surface area contributed by atoms with Crippen LogP contribution in [-0.2, 0) is 4.79 Å². The van der Waals surface area contributed by atoms with Gasteiger partial charge in [0, 0.05) is 12.6 Å². The molecule has 0 spiro atoms. The summed E-state index contributed by atoms with van der Waals surface area (Å²) >= 11 is 0. The molecular formula is C11H21NO2. The quantitative estimate of drug-likeness (QED) is 0.709. The molecule has 1 fully saturated rings. The lowest BCUT2D eigenvalue weighted by Gasteiger charge is -2.30. The van der Waals surface area contributed by atoms with E-state index in [9.17, 15) is 4.79 Å². The van der Waals surface area contributed by atoms with Gasteiger partial charge in [-0.25, -0.2) is 0 Å². The van der Waals surface area contributed by atoms with Crippen molar-refractivity contribution >= 4 is 5.97 Å². The van der Waals surface area contributed by atoms with Crippen LogP contribution in [0.3, 0.4) is 0 Å². The van der Waals surface area contributed by atoms with Crippen molar-refractivity contribution in [3.63, 3.8) is 0 Å². The number of rotatable bonds is 6. The van der Waals surface area contributed by atoms with Crippen molar-refractivity contribution in [2.24, 2.45) is 11.8 Å². The van der Waals surface area contributed by atoms with Crippen LogP contribution in [0.25, 0.3) is 0 Å². The molecule has 0 aromatic carbocycles. The van der Waals surface area contributed by atoms with E-state index in [1.165, 1.54) is 12.8 Å². The zero-order chi connectivity index (χ0) is 10.7. The van der Waals surface area contributed by atoms with Gasteiger partial charge in [0.25, 0.3) is 0 Å². The van der Waals surface area contributed by atoms with Crippen molar-refractivity contribution in [3.05, 3.63) is 0 Å². The van der Waals surface area contributed by atoms with Gasteiger partial charge < -0.3 is 5.11 Å². The SMILES string of the molecule is CC(C)C(C)N(CC(=O)O)CC1CC1. The average molecular weight is 199 g/mol. The maximum absolute atomic E-state index is 10.7. The van der Waals surface area contributed by atoms with Gasteiger partial charge in [-0.2, -0.15) is 0 Å². The third-order valence-electron chi connectivity index (χ3n) is 3.07. The van der Waals surface area contributed by atoms with Gasteiger partial charge >= 0.3 is 5.97 Å². The highest BCUT2D eigenvalue weighted by Gasteiger charge is 2.28. The molecule has 0 radical (unpaired) electrons. The van der Waals surface area contributed by atoms with Gasteiger partial charge in [-0.1, -0.05) is 13.8 Å². The predicted octanol–water partition coefficient (Wildman–Crippen LogP) is 1.83. The third-order valence-corrected chi connectivity index (χ3v) is 3.07. The zero-order valence-electron chi connectivity index (χ0n) is 9.36. The van der Waals surface area contributed by atoms with Crippen molar-refractivity contribution in [1.82, 2.24) is 4.90 Å². The smallest absolute Gasteiger partial charge is 0.317 e. The average Bonchev–Trinajstić information content (AvgIpc) is 2.84. The minimum atomic E-state index is -0.710. The fourth-order valence-corrected chi connectivity index (χ4v) is 1.60. The van der Waals surface area contributed by atoms with E-state index in [2.05, 4.69) is 25.7 Å². The minimum Gasteiger partial charge on any atom is -0.480 e. The second-order valence-corrected chi connectivity index (χ2v) is 4.75. The van der Waals surface area contributed by atoms with E-state index in [1.54, 1.807) is 0 Å². The van der Waals surface area contributed by atoms with Crippen molar-refractivity contribution < 1.29 is 9.90 Å². The van der Waals surface area contributed by atoms with Crippen LogP contribution in [0.5, 0.6) is 0 Å². The molecule has 0 bridgehead atoms. The number of carboxylic acids is 1. The Morgan fingerprint density at radius 2 is 2.00 bits per heavy atom. The van der Waals surface area contributed by atoms with Crippen LogP contribution in [0, 0.1) is 11.8 Å². The van der Waals surface area contributed by atoms with Gasteiger partial charge in [-0.15, -0.1) is 0 Å². The molecule has 0 saturated heterocycles. The fraction of sp³-hybridized carbons (Fsp3) is 0.909. The first-order valence-electron chi connectivity index (χ1n) is 5.46. The number of hydrogen-bond acceptors (Lipinski definition) is 2. The maximum atomic E-state index is 10.7. The molecule has 1 unspecified atom stereocenters. The molecule has 0 aliphatic heterocycles. The fourth-order valence-electron chi connectivity index (χ4n) is 1.60.